The van der Waals surface area contributed by atoms with E-state index in [-0.39, 0.29) is 16.8 Å². The van der Waals surface area contributed by atoms with Crippen LogP contribution in [0.1, 0.15) is 19.2 Å². The topological polar surface area (TPSA) is 52.8 Å². The predicted molar refractivity (Wildman–Crippen MR) is 64.6 cm³/mol. The van der Waals surface area contributed by atoms with Crippen molar-refractivity contribution >= 4 is 11.6 Å². The molecule has 0 spiro atoms. The van der Waals surface area contributed by atoms with Crippen LogP contribution in [0, 0.1) is 0 Å². The third-order valence-corrected chi connectivity index (χ3v) is 2.40. The van der Waals surface area contributed by atoms with Gasteiger partial charge in [0.15, 0.2) is 5.75 Å². The Kier molecular flexibility index (Phi) is 4.12. The highest BCUT2D eigenvalue weighted by molar-refractivity contribution is 6.29. The van der Waals surface area contributed by atoms with Crippen molar-refractivity contribution in [3.05, 3.63) is 29.4 Å². The molecule has 5 nitrogen and oxygen atoms in total. The molecule has 0 unspecified atom stereocenters. The summed E-state index contributed by atoms with van der Waals surface area (Å²) in [6.45, 7) is 2.66. The van der Waals surface area contributed by atoms with Gasteiger partial charge in [0.1, 0.15) is 5.15 Å². The van der Waals surface area contributed by atoms with Gasteiger partial charge in [0.25, 0.3) is 0 Å². The number of hydrogen-bond donors (Lipinski definition) is 0. The van der Waals surface area contributed by atoms with Crippen LogP contribution < -0.4 is 4.74 Å². The van der Waals surface area contributed by atoms with Gasteiger partial charge in [-0.1, -0.05) is 18.5 Å². The van der Waals surface area contributed by atoms with Crippen LogP contribution in [0.4, 0.5) is 13.2 Å². The van der Waals surface area contributed by atoms with Crippen LogP contribution in [0.15, 0.2) is 18.5 Å². The Labute approximate surface area is 117 Å². The average molecular weight is 307 g/mol. The minimum Gasteiger partial charge on any atom is -0.436 e. The quantitative estimate of drug-likeness (QED) is 0.811. The third-order valence-electron chi connectivity index (χ3n) is 2.21. The molecular formula is C11H10ClF3N4O. The zero-order valence-corrected chi connectivity index (χ0v) is 11.1. The highest BCUT2D eigenvalue weighted by Gasteiger charge is 2.35. The molecule has 0 amide bonds. The van der Waals surface area contributed by atoms with E-state index in [0.29, 0.717) is 6.54 Å². The Hall–Kier alpha value is -1.83. The summed E-state index contributed by atoms with van der Waals surface area (Å²) >= 11 is 5.53. The maximum Gasteiger partial charge on any atom is 0.451 e. The van der Waals surface area contributed by atoms with Crippen molar-refractivity contribution in [2.45, 2.75) is 26.1 Å². The highest BCUT2D eigenvalue weighted by atomic mass is 35.5. The van der Waals surface area contributed by atoms with E-state index in [2.05, 4.69) is 15.1 Å². The summed E-state index contributed by atoms with van der Waals surface area (Å²) < 4.78 is 44.4. The van der Waals surface area contributed by atoms with Crippen molar-refractivity contribution in [2.75, 3.05) is 0 Å². The number of hydrogen-bond acceptors (Lipinski definition) is 4. The van der Waals surface area contributed by atoms with Crippen molar-refractivity contribution in [1.82, 2.24) is 19.7 Å². The van der Waals surface area contributed by atoms with Gasteiger partial charge in [-0.2, -0.15) is 23.3 Å². The molecule has 0 atom stereocenters. The molecule has 2 rings (SSSR count). The van der Waals surface area contributed by atoms with E-state index < -0.39 is 12.0 Å². The van der Waals surface area contributed by atoms with E-state index in [1.807, 2.05) is 6.92 Å². The van der Waals surface area contributed by atoms with Gasteiger partial charge in [-0.3, -0.25) is 4.68 Å². The SMILES string of the molecule is CCCn1cc(Oc2cc(Cl)nc(C(F)(F)F)n2)cn1. The van der Waals surface area contributed by atoms with E-state index >= 15 is 0 Å². The lowest BCUT2D eigenvalue weighted by Gasteiger charge is -2.07. The lowest BCUT2D eigenvalue weighted by molar-refractivity contribution is -0.145. The molecule has 0 bridgehead atoms. The number of nitrogens with zero attached hydrogens (tertiary/aromatic N) is 4. The average Bonchev–Trinajstić information content (AvgIpc) is 2.75. The minimum atomic E-state index is -4.69. The monoisotopic (exact) mass is 306 g/mol. The largest absolute Gasteiger partial charge is 0.451 e. The first kappa shape index (κ1) is 14.6. The smallest absolute Gasteiger partial charge is 0.436 e. The standard InChI is InChI=1S/C11H10ClF3N4O/c1-2-3-19-6-7(5-16-19)20-9-4-8(12)17-10(18-9)11(13,14)15/h4-6H,2-3H2,1H3. The molecular weight excluding hydrogens is 297 g/mol. The summed E-state index contributed by atoms with van der Waals surface area (Å²) in [5.41, 5.74) is 0. The number of ether oxygens (including phenoxy) is 1. The predicted octanol–water partition coefficient (Wildman–Crippen LogP) is 3.55. The maximum atomic E-state index is 12.5. The van der Waals surface area contributed by atoms with E-state index in [1.165, 1.54) is 6.20 Å². The van der Waals surface area contributed by atoms with Gasteiger partial charge in [0.2, 0.25) is 11.7 Å². The summed E-state index contributed by atoms with van der Waals surface area (Å²) in [6, 6.07) is 1.11. The second-order valence-corrected chi connectivity index (χ2v) is 4.28. The fourth-order valence-corrected chi connectivity index (χ4v) is 1.62. The molecule has 0 aliphatic carbocycles. The first-order valence-corrected chi connectivity index (χ1v) is 6.08. The van der Waals surface area contributed by atoms with Crippen molar-refractivity contribution in [3.63, 3.8) is 0 Å². The third kappa shape index (κ3) is 3.60. The van der Waals surface area contributed by atoms with Crippen molar-refractivity contribution < 1.29 is 17.9 Å². The Bertz CT molecular complexity index is 600. The molecule has 0 aliphatic heterocycles. The zero-order valence-electron chi connectivity index (χ0n) is 10.4. The first-order chi connectivity index (χ1) is 9.38. The molecule has 2 aromatic rings. The van der Waals surface area contributed by atoms with Gasteiger partial charge < -0.3 is 4.74 Å². The molecule has 2 aromatic heterocycles. The maximum absolute atomic E-state index is 12.5. The summed E-state index contributed by atoms with van der Waals surface area (Å²) in [5, 5.41) is 3.64. The molecule has 0 radical (unpaired) electrons. The van der Waals surface area contributed by atoms with Crippen molar-refractivity contribution in [3.8, 4) is 11.6 Å². The second-order valence-electron chi connectivity index (χ2n) is 3.89. The first-order valence-electron chi connectivity index (χ1n) is 5.70. The van der Waals surface area contributed by atoms with Crippen LogP contribution in [-0.4, -0.2) is 19.7 Å². The number of rotatable bonds is 4. The van der Waals surface area contributed by atoms with Crippen LogP contribution in [0.5, 0.6) is 11.6 Å². The van der Waals surface area contributed by atoms with E-state index in [1.54, 1.807) is 10.9 Å². The summed E-state index contributed by atoms with van der Waals surface area (Å²) in [4.78, 5) is 6.39. The van der Waals surface area contributed by atoms with Gasteiger partial charge in [-0.05, 0) is 6.42 Å². The normalized spacial score (nSPS) is 11.7. The number of aryl methyl sites for hydroxylation is 1. The minimum absolute atomic E-state index is 0.279. The van der Waals surface area contributed by atoms with Crippen molar-refractivity contribution in [2.24, 2.45) is 0 Å². The van der Waals surface area contributed by atoms with Gasteiger partial charge in [0.05, 0.1) is 12.4 Å². The molecule has 9 heteroatoms. The van der Waals surface area contributed by atoms with Gasteiger partial charge in [-0.25, -0.2) is 4.98 Å². The molecule has 2 heterocycles. The number of alkyl halides is 3. The molecule has 0 aliphatic rings. The Morgan fingerprint density at radius 2 is 2.10 bits per heavy atom. The Morgan fingerprint density at radius 1 is 1.35 bits per heavy atom. The highest BCUT2D eigenvalue weighted by Crippen LogP contribution is 2.30. The van der Waals surface area contributed by atoms with E-state index in [4.69, 9.17) is 16.3 Å². The molecule has 0 N–H and O–H groups in total. The molecule has 0 aromatic carbocycles. The van der Waals surface area contributed by atoms with Gasteiger partial charge >= 0.3 is 6.18 Å². The lowest BCUT2D eigenvalue weighted by Crippen LogP contribution is -2.11. The Balaban J connectivity index is 2.22. The lowest BCUT2D eigenvalue weighted by atomic mass is 10.5. The van der Waals surface area contributed by atoms with Gasteiger partial charge in [0, 0.05) is 12.6 Å². The second kappa shape index (κ2) is 5.66. The Morgan fingerprint density at radius 3 is 2.75 bits per heavy atom. The summed E-state index contributed by atoms with van der Waals surface area (Å²) in [5.74, 6) is -1.35. The summed E-state index contributed by atoms with van der Waals surface area (Å²) in [6.07, 6.45) is -0.861. The van der Waals surface area contributed by atoms with Crippen LogP contribution in [0.2, 0.25) is 5.15 Å². The number of halogens is 4. The van der Waals surface area contributed by atoms with E-state index in [9.17, 15) is 13.2 Å². The fourth-order valence-electron chi connectivity index (χ4n) is 1.45. The molecule has 0 saturated heterocycles. The van der Waals surface area contributed by atoms with Crippen LogP contribution in [0.3, 0.4) is 0 Å². The zero-order chi connectivity index (χ0) is 14.8. The number of aromatic nitrogens is 4. The van der Waals surface area contributed by atoms with Crippen LogP contribution in [-0.2, 0) is 12.7 Å². The molecule has 0 saturated carbocycles. The summed E-state index contributed by atoms with van der Waals surface area (Å²) in [7, 11) is 0. The van der Waals surface area contributed by atoms with E-state index in [0.717, 1.165) is 12.5 Å². The fraction of sp³-hybridized carbons (Fsp3) is 0.364. The van der Waals surface area contributed by atoms with Crippen molar-refractivity contribution in [1.29, 1.82) is 0 Å². The van der Waals surface area contributed by atoms with Gasteiger partial charge in [-0.15, -0.1) is 0 Å². The van der Waals surface area contributed by atoms with Crippen LogP contribution in [0.25, 0.3) is 0 Å². The van der Waals surface area contributed by atoms with Crippen LogP contribution >= 0.6 is 11.6 Å². The molecule has 0 fully saturated rings. The molecule has 108 valence electrons. The molecule has 20 heavy (non-hydrogen) atoms.